The van der Waals surface area contributed by atoms with E-state index in [1.165, 1.54) is 0 Å². The smallest absolute Gasteiger partial charge is 0.239 e. The van der Waals surface area contributed by atoms with Crippen molar-refractivity contribution in [3.05, 3.63) is 0 Å². The first-order chi connectivity index (χ1) is 7.29. The number of hydrogen-bond donors (Lipinski definition) is 2. The fraction of sp³-hybridized carbons (Fsp3) is 0.909. The minimum Gasteiger partial charge on any atom is -0.341 e. The second kappa shape index (κ2) is 4.94. The predicted octanol–water partition coefficient (Wildman–Crippen LogP) is -0.0512. The average molecular weight is 211 g/mol. The van der Waals surface area contributed by atoms with Gasteiger partial charge in [0.2, 0.25) is 5.91 Å². The van der Waals surface area contributed by atoms with Gasteiger partial charge in [0.05, 0.1) is 6.04 Å². The summed E-state index contributed by atoms with van der Waals surface area (Å²) in [5, 5.41) is 6.59. The Morgan fingerprint density at radius 2 is 1.93 bits per heavy atom. The zero-order valence-electron chi connectivity index (χ0n) is 9.46. The number of amides is 1. The van der Waals surface area contributed by atoms with Gasteiger partial charge in [-0.2, -0.15) is 0 Å². The highest BCUT2D eigenvalue weighted by Crippen LogP contribution is 2.14. The highest BCUT2D eigenvalue weighted by Gasteiger charge is 2.29. The molecule has 0 radical (unpaired) electrons. The van der Waals surface area contributed by atoms with Gasteiger partial charge in [-0.1, -0.05) is 0 Å². The van der Waals surface area contributed by atoms with Crippen molar-refractivity contribution in [3.8, 4) is 0 Å². The quantitative estimate of drug-likeness (QED) is 0.673. The van der Waals surface area contributed by atoms with Gasteiger partial charge in [0, 0.05) is 13.1 Å². The van der Waals surface area contributed by atoms with Gasteiger partial charge in [-0.3, -0.25) is 4.79 Å². The molecular formula is C11H21N3O. The summed E-state index contributed by atoms with van der Waals surface area (Å²) in [5.41, 5.74) is 0. The SMILES string of the molecule is CN(C(=O)C1CCCN1)C1CCNCC1. The number of carbonyl (C=O) groups is 1. The van der Waals surface area contributed by atoms with Gasteiger partial charge < -0.3 is 15.5 Å². The molecule has 86 valence electrons. The molecule has 15 heavy (non-hydrogen) atoms. The van der Waals surface area contributed by atoms with Crippen molar-refractivity contribution in [2.75, 3.05) is 26.7 Å². The Morgan fingerprint density at radius 3 is 2.53 bits per heavy atom. The first-order valence-corrected chi connectivity index (χ1v) is 6.00. The Morgan fingerprint density at radius 1 is 1.20 bits per heavy atom. The molecule has 0 aliphatic carbocycles. The molecule has 2 saturated heterocycles. The lowest BCUT2D eigenvalue weighted by Gasteiger charge is -2.33. The van der Waals surface area contributed by atoms with Gasteiger partial charge in [-0.25, -0.2) is 0 Å². The van der Waals surface area contributed by atoms with E-state index in [4.69, 9.17) is 0 Å². The van der Waals surface area contributed by atoms with Crippen LogP contribution in [0, 0.1) is 0 Å². The molecule has 0 aromatic carbocycles. The van der Waals surface area contributed by atoms with Crippen LogP contribution in [0.15, 0.2) is 0 Å². The molecule has 0 saturated carbocycles. The third-order valence-electron chi connectivity index (χ3n) is 3.56. The largest absolute Gasteiger partial charge is 0.341 e. The van der Waals surface area contributed by atoms with Crippen molar-refractivity contribution in [3.63, 3.8) is 0 Å². The van der Waals surface area contributed by atoms with Crippen molar-refractivity contribution in [1.29, 1.82) is 0 Å². The van der Waals surface area contributed by atoms with Crippen LogP contribution in [-0.2, 0) is 4.79 Å². The van der Waals surface area contributed by atoms with Crippen LogP contribution < -0.4 is 10.6 Å². The molecular weight excluding hydrogens is 190 g/mol. The molecule has 2 aliphatic heterocycles. The van der Waals surface area contributed by atoms with Crippen LogP contribution >= 0.6 is 0 Å². The molecule has 0 aromatic heterocycles. The summed E-state index contributed by atoms with van der Waals surface area (Å²) in [4.78, 5) is 14.0. The summed E-state index contributed by atoms with van der Waals surface area (Å²) in [5.74, 6) is 0.291. The highest BCUT2D eigenvalue weighted by atomic mass is 16.2. The van der Waals surface area contributed by atoms with Gasteiger partial charge in [0.1, 0.15) is 0 Å². The van der Waals surface area contributed by atoms with Crippen molar-refractivity contribution < 1.29 is 4.79 Å². The Balaban J connectivity index is 1.87. The van der Waals surface area contributed by atoms with Crippen LogP contribution in [0.25, 0.3) is 0 Å². The molecule has 4 nitrogen and oxygen atoms in total. The Kier molecular flexibility index (Phi) is 3.59. The monoisotopic (exact) mass is 211 g/mol. The zero-order chi connectivity index (χ0) is 10.7. The van der Waals surface area contributed by atoms with Crippen LogP contribution in [0.4, 0.5) is 0 Å². The maximum absolute atomic E-state index is 12.1. The summed E-state index contributed by atoms with van der Waals surface area (Å²) in [6.07, 6.45) is 4.33. The topological polar surface area (TPSA) is 44.4 Å². The number of rotatable bonds is 2. The predicted molar refractivity (Wildman–Crippen MR) is 59.7 cm³/mol. The van der Waals surface area contributed by atoms with Crippen LogP contribution in [0.2, 0.25) is 0 Å². The molecule has 2 N–H and O–H groups in total. The Hall–Kier alpha value is -0.610. The molecule has 2 aliphatic rings. The number of nitrogens with zero attached hydrogens (tertiary/aromatic N) is 1. The van der Waals surface area contributed by atoms with Crippen molar-refractivity contribution in [2.24, 2.45) is 0 Å². The van der Waals surface area contributed by atoms with E-state index in [0.29, 0.717) is 11.9 Å². The summed E-state index contributed by atoms with van der Waals surface area (Å²) in [6, 6.07) is 0.533. The van der Waals surface area contributed by atoms with E-state index >= 15 is 0 Å². The summed E-state index contributed by atoms with van der Waals surface area (Å²) >= 11 is 0. The van der Waals surface area contributed by atoms with Gasteiger partial charge in [0.15, 0.2) is 0 Å². The van der Waals surface area contributed by atoms with Crippen LogP contribution in [-0.4, -0.2) is 49.6 Å². The van der Waals surface area contributed by atoms with Crippen molar-refractivity contribution in [1.82, 2.24) is 15.5 Å². The average Bonchev–Trinajstić information content (AvgIpc) is 2.82. The van der Waals surface area contributed by atoms with Gasteiger partial charge in [0.25, 0.3) is 0 Å². The summed E-state index contributed by atoms with van der Waals surface area (Å²) < 4.78 is 0. The minimum atomic E-state index is 0.0879. The zero-order valence-corrected chi connectivity index (χ0v) is 9.46. The van der Waals surface area contributed by atoms with Crippen LogP contribution in [0.3, 0.4) is 0 Å². The second-order valence-corrected chi connectivity index (χ2v) is 4.58. The number of carbonyl (C=O) groups excluding carboxylic acids is 1. The molecule has 1 atom stereocenters. The summed E-state index contributed by atoms with van der Waals surface area (Å²) in [6.45, 7) is 3.08. The molecule has 2 heterocycles. The first kappa shape index (κ1) is 10.9. The van der Waals surface area contributed by atoms with E-state index in [2.05, 4.69) is 10.6 Å². The fourth-order valence-corrected chi connectivity index (χ4v) is 2.52. The third-order valence-corrected chi connectivity index (χ3v) is 3.56. The van der Waals surface area contributed by atoms with E-state index in [0.717, 1.165) is 45.3 Å². The maximum atomic E-state index is 12.1. The summed E-state index contributed by atoms with van der Waals surface area (Å²) in [7, 11) is 1.96. The van der Waals surface area contributed by atoms with E-state index in [1.54, 1.807) is 0 Å². The second-order valence-electron chi connectivity index (χ2n) is 4.58. The minimum absolute atomic E-state index is 0.0879. The van der Waals surface area contributed by atoms with Crippen molar-refractivity contribution in [2.45, 2.75) is 37.8 Å². The Bertz CT molecular complexity index is 220. The molecule has 4 heteroatoms. The molecule has 1 unspecified atom stereocenters. The van der Waals surface area contributed by atoms with E-state index < -0.39 is 0 Å². The maximum Gasteiger partial charge on any atom is 0.239 e. The molecule has 2 rings (SSSR count). The number of likely N-dealkylation sites (N-methyl/N-ethyl adjacent to an activating group) is 1. The van der Waals surface area contributed by atoms with Crippen LogP contribution in [0.5, 0.6) is 0 Å². The lowest BCUT2D eigenvalue weighted by Crippen LogP contribution is -2.49. The van der Waals surface area contributed by atoms with Crippen molar-refractivity contribution >= 4 is 5.91 Å². The van der Waals surface area contributed by atoms with E-state index in [-0.39, 0.29) is 6.04 Å². The fourth-order valence-electron chi connectivity index (χ4n) is 2.52. The molecule has 1 amide bonds. The third kappa shape index (κ3) is 2.49. The van der Waals surface area contributed by atoms with Gasteiger partial charge in [-0.15, -0.1) is 0 Å². The normalized spacial score (nSPS) is 27.9. The lowest BCUT2D eigenvalue weighted by atomic mass is 10.0. The van der Waals surface area contributed by atoms with E-state index in [9.17, 15) is 4.79 Å². The first-order valence-electron chi connectivity index (χ1n) is 6.00. The lowest BCUT2D eigenvalue weighted by molar-refractivity contribution is -0.134. The van der Waals surface area contributed by atoms with E-state index in [1.807, 2.05) is 11.9 Å². The number of piperidine rings is 1. The Labute approximate surface area is 91.4 Å². The molecule has 2 fully saturated rings. The highest BCUT2D eigenvalue weighted by molar-refractivity contribution is 5.82. The number of nitrogens with one attached hydrogen (secondary N) is 2. The van der Waals surface area contributed by atoms with Gasteiger partial charge >= 0.3 is 0 Å². The molecule has 0 aromatic rings. The standard InChI is InChI=1S/C11H21N3O/c1-14(9-4-7-12-8-5-9)11(15)10-3-2-6-13-10/h9-10,12-13H,2-8H2,1H3. The van der Waals surface area contributed by atoms with Crippen LogP contribution in [0.1, 0.15) is 25.7 Å². The molecule has 0 bridgehead atoms. The molecule has 0 spiro atoms. The number of hydrogen-bond acceptors (Lipinski definition) is 3. The van der Waals surface area contributed by atoms with Gasteiger partial charge in [-0.05, 0) is 45.3 Å².